The van der Waals surface area contributed by atoms with Crippen LogP contribution in [0.3, 0.4) is 0 Å². The molecule has 3 saturated carbocycles. The molecule has 0 spiro atoms. The van der Waals surface area contributed by atoms with Crippen molar-refractivity contribution >= 4 is 55.4 Å². The van der Waals surface area contributed by atoms with E-state index in [-0.39, 0.29) is 35.3 Å². The molecule has 0 amide bonds. The van der Waals surface area contributed by atoms with E-state index >= 15 is 0 Å². The third-order valence-corrected chi connectivity index (χ3v) is 13.3. The van der Waals surface area contributed by atoms with Gasteiger partial charge in [0.1, 0.15) is 0 Å². The molecule has 9 heteroatoms. The standard InChI is InChI=1S/C32H36Br2O7/c1-5-26(38)40-17-25(37)32(41-28(39)19-9-7-6-8-10-19)18(2)13-22-27-23(33)15-20-14-21(35)11-12-29(20,3)31(27,34)24(36)16-30(22,32)4/h6-12,14,18,22-24,27,36H,5,13,15-17H2,1-4H3/t18?,22-,23?,24?,27+,29-,30-,31+,32-/m0/s1. The molecular formula is C32H36Br2O7. The molecule has 0 saturated heterocycles. The minimum Gasteiger partial charge on any atom is -0.457 e. The summed E-state index contributed by atoms with van der Waals surface area (Å²) in [5, 5.41) is 12.1. The fourth-order valence-corrected chi connectivity index (χ4v) is 11.1. The van der Waals surface area contributed by atoms with Crippen LogP contribution in [-0.4, -0.2) is 56.1 Å². The first-order valence-electron chi connectivity index (χ1n) is 14.2. The first-order chi connectivity index (χ1) is 19.3. The molecule has 0 radical (unpaired) electrons. The number of ether oxygens (including phenoxy) is 2. The van der Waals surface area contributed by atoms with Crippen molar-refractivity contribution < 1.29 is 33.8 Å². The van der Waals surface area contributed by atoms with E-state index in [1.807, 2.05) is 26.8 Å². The highest BCUT2D eigenvalue weighted by atomic mass is 79.9. The van der Waals surface area contributed by atoms with Crippen LogP contribution >= 0.6 is 31.9 Å². The van der Waals surface area contributed by atoms with Crippen molar-refractivity contribution in [2.75, 3.05) is 6.61 Å². The molecule has 1 N–H and O–H groups in total. The molecule has 4 aliphatic rings. The van der Waals surface area contributed by atoms with Gasteiger partial charge in [-0.1, -0.05) is 89.4 Å². The third kappa shape index (κ3) is 4.27. The van der Waals surface area contributed by atoms with Gasteiger partial charge < -0.3 is 14.6 Å². The lowest BCUT2D eigenvalue weighted by Crippen LogP contribution is -2.71. The summed E-state index contributed by atoms with van der Waals surface area (Å²) in [6, 6.07) is 8.52. The van der Waals surface area contributed by atoms with Crippen LogP contribution in [0.4, 0.5) is 0 Å². The largest absolute Gasteiger partial charge is 0.457 e. The second-order valence-corrected chi connectivity index (χ2v) is 14.9. The predicted molar refractivity (Wildman–Crippen MR) is 160 cm³/mol. The summed E-state index contributed by atoms with van der Waals surface area (Å²) < 4.78 is 10.8. The van der Waals surface area contributed by atoms with Gasteiger partial charge >= 0.3 is 11.9 Å². The lowest BCUT2D eigenvalue weighted by Gasteiger charge is -2.65. The number of ketones is 2. The molecule has 41 heavy (non-hydrogen) atoms. The Hall–Kier alpha value is -2.10. The van der Waals surface area contributed by atoms with Crippen LogP contribution in [0.25, 0.3) is 0 Å². The van der Waals surface area contributed by atoms with Crippen LogP contribution in [0.15, 0.2) is 54.1 Å². The summed E-state index contributed by atoms with van der Waals surface area (Å²) in [6.45, 7) is 7.01. The van der Waals surface area contributed by atoms with Gasteiger partial charge in [0.05, 0.1) is 16.0 Å². The smallest absolute Gasteiger partial charge is 0.339 e. The van der Waals surface area contributed by atoms with Gasteiger partial charge in [-0.2, -0.15) is 0 Å². The van der Waals surface area contributed by atoms with Crippen LogP contribution in [0.2, 0.25) is 0 Å². The van der Waals surface area contributed by atoms with E-state index in [0.29, 0.717) is 18.4 Å². The zero-order chi connectivity index (χ0) is 30.0. The van der Waals surface area contributed by atoms with Gasteiger partial charge in [0.15, 0.2) is 18.0 Å². The summed E-state index contributed by atoms with van der Waals surface area (Å²) in [6.07, 6.45) is 5.58. The fourth-order valence-electron chi connectivity index (χ4n) is 8.47. The first kappa shape index (κ1) is 30.4. The van der Waals surface area contributed by atoms with Crippen molar-refractivity contribution in [1.82, 2.24) is 0 Å². The number of carbonyl (C=O) groups is 4. The van der Waals surface area contributed by atoms with E-state index < -0.39 is 57.1 Å². The Bertz CT molecular complexity index is 1340. The van der Waals surface area contributed by atoms with E-state index in [1.54, 1.807) is 49.4 Å². The van der Waals surface area contributed by atoms with Crippen LogP contribution < -0.4 is 0 Å². The highest BCUT2D eigenvalue weighted by Gasteiger charge is 2.77. The number of allylic oxidation sites excluding steroid dienone is 4. The van der Waals surface area contributed by atoms with Gasteiger partial charge in [-0.25, -0.2) is 4.79 Å². The van der Waals surface area contributed by atoms with E-state index in [2.05, 4.69) is 31.9 Å². The van der Waals surface area contributed by atoms with Gasteiger partial charge in [0, 0.05) is 28.0 Å². The van der Waals surface area contributed by atoms with Gasteiger partial charge in [-0.3, -0.25) is 14.4 Å². The molecule has 0 heterocycles. The number of aliphatic hydroxyl groups excluding tert-OH is 1. The van der Waals surface area contributed by atoms with Crippen LogP contribution in [0.1, 0.15) is 63.7 Å². The number of Topliss-reactive ketones (excluding diaryl/α,β-unsaturated/α-hetero) is 1. The Labute approximate surface area is 257 Å². The van der Waals surface area contributed by atoms with Gasteiger partial charge in [-0.15, -0.1) is 0 Å². The normalized spacial score (nSPS) is 41.0. The second-order valence-electron chi connectivity index (χ2n) is 12.4. The van der Waals surface area contributed by atoms with Crippen molar-refractivity contribution in [1.29, 1.82) is 0 Å². The second kappa shape index (κ2) is 10.6. The molecule has 0 bridgehead atoms. The molecule has 220 valence electrons. The molecule has 1 aromatic rings. The monoisotopic (exact) mass is 690 g/mol. The Morgan fingerprint density at radius 3 is 2.49 bits per heavy atom. The van der Waals surface area contributed by atoms with E-state index in [1.165, 1.54) is 0 Å². The van der Waals surface area contributed by atoms with Crippen molar-refractivity contribution in [2.24, 2.45) is 28.6 Å². The van der Waals surface area contributed by atoms with E-state index in [4.69, 9.17) is 9.47 Å². The molecule has 3 unspecified atom stereocenters. The average molecular weight is 692 g/mol. The molecule has 0 aliphatic heterocycles. The summed E-state index contributed by atoms with van der Waals surface area (Å²) in [5.41, 5.74) is -2.02. The Balaban J connectivity index is 1.63. The van der Waals surface area contributed by atoms with Gasteiger partial charge in [0.2, 0.25) is 5.78 Å². The number of aliphatic hydroxyl groups is 1. The summed E-state index contributed by atoms with van der Waals surface area (Å²) in [5.74, 6) is -2.48. The third-order valence-electron chi connectivity index (χ3n) is 10.5. The van der Waals surface area contributed by atoms with Crippen molar-refractivity contribution in [3.63, 3.8) is 0 Å². The Morgan fingerprint density at radius 1 is 1.15 bits per heavy atom. The number of benzene rings is 1. The number of alkyl halides is 2. The van der Waals surface area contributed by atoms with Crippen LogP contribution in [-0.2, 0) is 23.9 Å². The summed E-state index contributed by atoms with van der Waals surface area (Å²) in [7, 11) is 0. The number of halogens is 2. The zero-order valence-corrected chi connectivity index (χ0v) is 26.9. The number of fused-ring (bicyclic) bond motifs is 5. The van der Waals surface area contributed by atoms with E-state index in [0.717, 1.165) is 5.57 Å². The topological polar surface area (TPSA) is 107 Å². The fraction of sp³-hybridized carbons (Fsp3) is 0.562. The predicted octanol–water partition coefficient (Wildman–Crippen LogP) is 5.52. The number of hydrogen-bond donors (Lipinski definition) is 1. The maximum absolute atomic E-state index is 14.3. The van der Waals surface area contributed by atoms with E-state index in [9.17, 15) is 24.3 Å². The number of carbonyl (C=O) groups excluding carboxylic acids is 4. The molecule has 3 fully saturated rings. The maximum atomic E-state index is 14.3. The highest BCUT2D eigenvalue weighted by molar-refractivity contribution is 9.10. The highest BCUT2D eigenvalue weighted by Crippen LogP contribution is 2.73. The number of hydrogen-bond acceptors (Lipinski definition) is 7. The molecule has 1 aromatic carbocycles. The first-order valence-corrected chi connectivity index (χ1v) is 15.9. The minimum atomic E-state index is -1.64. The summed E-state index contributed by atoms with van der Waals surface area (Å²) in [4.78, 5) is 52.1. The Kier molecular flexibility index (Phi) is 7.82. The average Bonchev–Trinajstić information content (AvgIpc) is 3.15. The lowest BCUT2D eigenvalue weighted by molar-refractivity contribution is -0.182. The van der Waals surface area contributed by atoms with Gasteiger partial charge in [-0.05, 0) is 55.4 Å². The number of rotatable bonds is 6. The molecular weight excluding hydrogens is 656 g/mol. The summed E-state index contributed by atoms with van der Waals surface area (Å²) >= 11 is 7.97. The molecule has 0 aromatic heterocycles. The quantitative estimate of drug-likeness (QED) is 0.309. The van der Waals surface area contributed by atoms with Gasteiger partial charge in [0.25, 0.3) is 0 Å². The Morgan fingerprint density at radius 2 is 1.83 bits per heavy atom. The molecule has 7 nitrogen and oxygen atoms in total. The van der Waals surface area contributed by atoms with Crippen molar-refractivity contribution in [2.45, 2.75) is 74.2 Å². The van der Waals surface area contributed by atoms with Crippen LogP contribution in [0.5, 0.6) is 0 Å². The number of esters is 2. The molecule has 9 atom stereocenters. The van der Waals surface area contributed by atoms with Crippen molar-refractivity contribution in [3.8, 4) is 0 Å². The van der Waals surface area contributed by atoms with Crippen molar-refractivity contribution in [3.05, 3.63) is 59.7 Å². The minimum absolute atomic E-state index is 0.0737. The zero-order valence-electron chi connectivity index (χ0n) is 23.7. The lowest BCUT2D eigenvalue weighted by atomic mass is 9.46. The maximum Gasteiger partial charge on any atom is 0.339 e. The molecule has 5 rings (SSSR count). The SMILES string of the molecule is CCC(=O)OCC(=O)[C@@]1(OC(=O)c2ccccc2)C(C)C[C@H]2[C@@H]3C(Br)CC4=CC(=O)C=C[C@]4(C)[C@@]3(Br)C(O)C[C@@]21C. The molecule has 4 aliphatic carbocycles. The van der Waals surface area contributed by atoms with Crippen LogP contribution in [0, 0.1) is 28.6 Å².